The first-order chi connectivity index (χ1) is 16.0. The van der Waals surface area contributed by atoms with Gasteiger partial charge in [0.05, 0.1) is 6.54 Å². The van der Waals surface area contributed by atoms with E-state index in [-0.39, 0.29) is 18.5 Å². The van der Waals surface area contributed by atoms with Crippen molar-refractivity contribution in [3.8, 4) is 11.5 Å². The molecule has 7 heteroatoms. The Bertz CT molecular complexity index is 1180. The van der Waals surface area contributed by atoms with Crippen LogP contribution in [0.2, 0.25) is 0 Å². The summed E-state index contributed by atoms with van der Waals surface area (Å²) in [5.74, 6) is 0.867. The summed E-state index contributed by atoms with van der Waals surface area (Å²) in [6.07, 6.45) is 4.22. The Kier molecular flexibility index (Phi) is 5.98. The highest BCUT2D eigenvalue weighted by Crippen LogP contribution is 2.32. The molecule has 1 aliphatic carbocycles. The standard InChI is InChI=1S/C26H27NO5S/c1-16-11-20(17(2)27(16)13-19-14-30-22-8-4-5-9-23(22)32-19)21(28)15-31-26(29)25-12-18-7-3-6-10-24(18)33-25/h4-5,8-9,11-12,19H,3,6-7,10,13-15H2,1-2H3/t19-/m1/s1. The molecule has 2 aliphatic rings. The van der Waals surface area contributed by atoms with Gasteiger partial charge in [0.15, 0.2) is 24.2 Å². The zero-order chi connectivity index (χ0) is 22.9. The highest BCUT2D eigenvalue weighted by Gasteiger charge is 2.25. The van der Waals surface area contributed by atoms with Crippen LogP contribution in [-0.2, 0) is 24.1 Å². The number of rotatable bonds is 6. The number of ether oxygens (including phenoxy) is 3. The normalized spacial score (nSPS) is 16.8. The second kappa shape index (κ2) is 9.06. The van der Waals surface area contributed by atoms with Gasteiger partial charge in [-0.3, -0.25) is 4.79 Å². The predicted octanol–water partition coefficient (Wildman–Crippen LogP) is 4.92. The Morgan fingerprint density at radius 1 is 1.12 bits per heavy atom. The zero-order valence-corrected chi connectivity index (χ0v) is 19.7. The quantitative estimate of drug-likeness (QED) is 0.382. The Hall–Kier alpha value is -3.06. The predicted molar refractivity (Wildman–Crippen MR) is 126 cm³/mol. The van der Waals surface area contributed by atoms with Gasteiger partial charge in [0, 0.05) is 21.8 Å². The molecule has 0 amide bonds. The van der Waals surface area contributed by atoms with Crippen molar-refractivity contribution in [2.24, 2.45) is 0 Å². The second-order valence-electron chi connectivity index (χ2n) is 8.66. The van der Waals surface area contributed by atoms with Gasteiger partial charge in [-0.05, 0) is 69.4 Å². The summed E-state index contributed by atoms with van der Waals surface area (Å²) in [7, 11) is 0. The van der Waals surface area contributed by atoms with E-state index in [0.29, 0.717) is 23.6 Å². The van der Waals surface area contributed by atoms with Crippen molar-refractivity contribution in [2.45, 2.75) is 52.2 Å². The number of ketones is 1. The van der Waals surface area contributed by atoms with E-state index < -0.39 is 5.97 Å². The van der Waals surface area contributed by atoms with Crippen LogP contribution in [-0.4, -0.2) is 35.6 Å². The third kappa shape index (κ3) is 4.42. The zero-order valence-electron chi connectivity index (χ0n) is 18.9. The topological polar surface area (TPSA) is 66.8 Å². The molecule has 0 saturated carbocycles. The van der Waals surface area contributed by atoms with Gasteiger partial charge in [0.2, 0.25) is 5.78 Å². The van der Waals surface area contributed by atoms with Gasteiger partial charge in [-0.2, -0.15) is 0 Å². The van der Waals surface area contributed by atoms with Crippen molar-refractivity contribution in [1.82, 2.24) is 4.57 Å². The van der Waals surface area contributed by atoms with Gasteiger partial charge in [0.25, 0.3) is 0 Å². The van der Waals surface area contributed by atoms with Crippen LogP contribution >= 0.6 is 11.3 Å². The van der Waals surface area contributed by atoms with Gasteiger partial charge in [-0.15, -0.1) is 11.3 Å². The maximum absolute atomic E-state index is 12.9. The first-order valence-electron chi connectivity index (χ1n) is 11.4. The number of benzene rings is 1. The molecule has 33 heavy (non-hydrogen) atoms. The minimum atomic E-state index is -0.414. The molecule has 0 radical (unpaired) electrons. The number of hydrogen-bond acceptors (Lipinski definition) is 6. The molecule has 6 nitrogen and oxygen atoms in total. The number of hydrogen-bond donors (Lipinski definition) is 0. The van der Waals surface area contributed by atoms with Gasteiger partial charge < -0.3 is 18.8 Å². The molecule has 0 saturated heterocycles. The Morgan fingerprint density at radius 2 is 1.91 bits per heavy atom. The molecule has 5 rings (SSSR count). The molecular formula is C26H27NO5S. The monoisotopic (exact) mass is 465 g/mol. The van der Waals surface area contributed by atoms with Crippen LogP contribution < -0.4 is 9.47 Å². The number of para-hydroxylation sites is 2. The lowest BCUT2D eigenvalue weighted by Gasteiger charge is -2.27. The molecule has 3 aromatic rings. The van der Waals surface area contributed by atoms with E-state index in [1.54, 1.807) is 0 Å². The molecule has 0 unspecified atom stereocenters. The molecular weight excluding hydrogens is 438 g/mol. The van der Waals surface area contributed by atoms with E-state index in [9.17, 15) is 9.59 Å². The minimum Gasteiger partial charge on any atom is -0.486 e. The SMILES string of the molecule is Cc1cc(C(=O)COC(=O)c2cc3c(s2)CCCC3)c(C)n1C[C@@H]1COc2ccccc2O1. The second-order valence-corrected chi connectivity index (χ2v) is 9.80. The summed E-state index contributed by atoms with van der Waals surface area (Å²) in [4.78, 5) is 27.3. The van der Waals surface area contributed by atoms with E-state index in [1.807, 2.05) is 50.2 Å². The molecule has 3 heterocycles. The molecule has 0 N–H and O–H groups in total. The van der Waals surface area contributed by atoms with Gasteiger partial charge in [-0.25, -0.2) is 4.79 Å². The summed E-state index contributed by atoms with van der Waals surface area (Å²) in [6, 6.07) is 11.4. The van der Waals surface area contributed by atoms with Crippen LogP contribution in [0, 0.1) is 13.8 Å². The van der Waals surface area contributed by atoms with Crippen LogP contribution in [0.4, 0.5) is 0 Å². The fourth-order valence-electron chi connectivity index (χ4n) is 4.59. The first-order valence-corrected chi connectivity index (χ1v) is 12.2. The molecule has 1 aromatic carbocycles. The van der Waals surface area contributed by atoms with Crippen LogP contribution in [0.15, 0.2) is 36.4 Å². The van der Waals surface area contributed by atoms with Gasteiger partial charge in [-0.1, -0.05) is 12.1 Å². The Labute approximate surface area is 197 Å². The van der Waals surface area contributed by atoms with Crippen LogP contribution in [0.5, 0.6) is 11.5 Å². The number of fused-ring (bicyclic) bond motifs is 2. The van der Waals surface area contributed by atoms with Crippen LogP contribution in [0.25, 0.3) is 0 Å². The molecule has 2 aromatic heterocycles. The summed E-state index contributed by atoms with van der Waals surface area (Å²) in [5, 5.41) is 0. The van der Waals surface area contributed by atoms with Crippen molar-refractivity contribution in [2.75, 3.05) is 13.2 Å². The van der Waals surface area contributed by atoms with Gasteiger partial charge >= 0.3 is 5.97 Å². The van der Waals surface area contributed by atoms with Crippen molar-refractivity contribution >= 4 is 23.1 Å². The Morgan fingerprint density at radius 3 is 2.73 bits per heavy atom. The number of aromatic nitrogens is 1. The molecule has 1 atom stereocenters. The molecule has 0 spiro atoms. The van der Waals surface area contributed by atoms with Gasteiger partial charge in [0.1, 0.15) is 11.5 Å². The third-order valence-corrected chi connectivity index (χ3v) is 7.58. The molecule has 0 bridgehead atoms. The molecule has 1 aliphatic heterocycles. The van der Waals surface area contributed by atoms with Crippen molar-refractivity contribution in [3.63, 3.8) is 0 Å². The van der Waals surface area contributed by atoms with E-state index in [2.05, 4.69) is 4.57 Å². The number of esters is 1. The fraction of sp³-hybridized carbons (Fsp3) is 0.385. The maximum Gasteiger partial charge on any atom is 0.348 e. The number of Topliss-reactive ketones (excluding diaryl/α,β-unsaturated/α-hetero) is 1. The van der Waals surface area contributed by atoms with Crippen molar-refractivity contribution < 1.29 is 23.8 Å². The smallest absolute Gasteiger partial charge is 0.348 e. The van der Waals surface area contributed by atoms with Crippen molar-refractivity contribution in [1.29, 1.82) is 0 Å². The van der Waals surface area contributed by atoms with Crippen molar-refractivity contribution in [3.05, 3.63) is 68.7 Å². The highest BCUT2D eigenvalue weighted by molar-refractivity contribution is 7.14. The molecule has 0 fully saturated rings. The largest absolute Gasteiger partial charge is 0.486 e. The summed E-state index contributed by atoms with van der Waals surface area (Å²) >= 11 is 1.50. The Balaban J connectivity index is 1.23. The number of nitrogens with zero attached hydrogens (tertiary/aromatic N) is 1. The first kappa shape index (κ1) is 21.8. The summed E-state index contributed by atoms with van der Waals surface area (Å²) in [5.41, 5.74) is 3.62. The number of carbonyl (C=O) groups is 2. The lowest BCUT2D eigenvalue weighted by molar-refractivity contribution is 0.0479. The average Bonchev–Trinajstić information content (AvgIpc) is 3.39. The lowest BCUT2D eigenvalue weighted by Crippen LogP contribution is -2.33. The lowest BCUT2D eigenvalue weighted by atomic mass is 9.99. The molecule has 172 valence electrons. The fourth-order valence-corrected chi connectivity index (χ4v) is 5.74. The summed E-state index contributed by atoms with van der Waals surface area (Å²) in [6.45, 7) is 4.62. The highest BCUT2D eigenvalue weighted by atomic mass is 32.1. The van der Waals surface area contributed by atoms with E-state index >= 15 is 0 Å². The van der Waals surface area contributed by atoms with E-state index in [1.165, 1.54) is 28.2 Å². The maximum atomic E-state index is 12.9. The summed E-state index contributed by atoms with van der Waals surface area (Å²) < 4.78 is 19.3. The average molecular weight is 466 g/mol. The van der Waals surface area contributed by atoms with E-state index in [4.69, 9.17) is 14.2 Å². The number of aryl methyl sites for hydroxylation is 3. The van der Waals surface area contributed by atoms with Crippen LogP contribution in [0.3, 0.4) is 0 Å². The van der Waals surface area contributed by atoms with Crippen LogP contribution in [0.1, 0.15) is 54.7 Å². The van der Waals surface area contributed by atoms with E-state index in [0.717, 1.165) is 42.1 Å². The number of thiophene rings is 1. The third-order valence-electron chi connectivity index (χ3n) is 6.36. The minimum absolute atomic E-state index is 0.157. The number of carbonyl (C=O) groups excluding carboxylic acids is 2.